The predicted octanol–water partition coefficient (Wildman–Crippen LogP) is 19.2. The third-order valence-corrected chi connectivity index (χ3v) is 12.1. The molecule has 1 atom stereocenters. The van der Waals surface area contributed by atoms with Gasteiger partial charge in [0.1, 0.15) is 13.2 Å². The van der Waals surface area contributed by atoms with Crippen LogP contribution in [0.25, 0.3) is 0 Å². The van der Waals surface area contributed by atoms with Crippen LogP contribution in [-0.4, -0.2) is 37.2 Å². The Bertz CT molecular complexity index is 1320. The Morgan fingerprint density at radius 2 is 0.574 bits per heavy atom. The summed E-state index contributed by atoms with van der Waals surface area (Å²) in [5.74, 6) is -0.903. The van der Waals surface area contributed by atoms with E-state index >= 15 is 0 Å². The number of hydrogen-bond acceptors (Lipinski definition) is 6. The van der Waals surface area contributed by atoms with E-state index in [-0.39, 0.29) is 31.1 Å². The van der Waals surface area contributed by atoms with E-state index in [1.54, 1.807) is 0 Å². The monoisotopic (exact) mass is 947 g/mol. The van der Waals surface area contributed by atoms with Gasteiger partial charge in [-0.15, -0.1) is 0 Å². The maximum Gasteiger partial charge on any atom is 0.306 e. The second-order valence-electron chi connectivity index (χ2n) is 18.8. The Kier molecular flexibility index (Phi) is 53.4. The Morgan fingerprint density at radius 1 is 0.309 bits per heavy atom. The van der Waals surface area contributed by atoms with Crippen molar-refractivity contribution in [3.8, 4) is 0 Å². The van der Waals surface area contributed by atoms with Gasteiger partial charge in [-0.3, -0.25) is 14.4 Å². The lowest BCUT2D eigenvalue weighted by molar-refractivity contribution is -0.167. The first-order chi connectivity index (χ1) is 33.5. The normalized spacial score (nSPS) is 12.7. The number of carbonyl (C=O) groups excluding carboxylic acids is 3. The Morgan fingerprint density at radius 3 is 0.912 bits per heavy atom. The minimum atomic E-state index is -0.785. The topological polar surface area (TPSA) is 78.9 Å². The summed E-state index contributed by atoms with van der Waals surface area (Å²) in [6.07, 6.45) is 72.9. The lowest BCUT2D eigenvalue weighted by Gasteiger charge is -2.18. The number of rotatable bonds is 51. The number of allylic oxidation sites excluding steroid dienone is 14. The van der Waals surface area contributed by atoms with Gasteiger partial charge in [-0.05, 0) is 96.3 Å². The van der Waals surface area contributed by atoms with Crippen molar-refractivity contribution in [3.05, 3.63) is 85.1 Å². The Hall–Kier alpha value is -3.41. The number of ether oxygens (including phenoxy) is 3. The SMILES string of the molecule is CC/C=C\C/C=C\C/C=C\C/C=C\C/C=C\C/C=C\CCCCCCCCC(=O)OCC(COC(=O)CCCCCCCCCCCC)OC(=O)CCCCCCC/C=C\CCCCCCCC. The fourth-order valence-corrected chi connectivity index (χ4v) is 7.85. The highest BCUT2D eigenvalue weighted by Crippen LogP contribution is 2.15. The molecule has 6 heteroatoms. The molecule has 390 valence electrons. The zero-order chi connectivity index (χ0) is 49.3. The van der Waals surface area contributed by atoms with Crippen molar-refractivity contribution in [1.29, 1.82) is 0 Å². The molecular formula is C62H106O6. The van der Waals surface area contributed by atoms with Gasteiger partial charge in [0.15, 0.2) is 6.10 Å². The average molecular weight is 948 g/mol. The molecule has 0 aromatic heterocycles. The molecule has 0 aliphatic rings. The first kappa shape index (κ1) is 64.6. The molecule has 0 rings (SSSR count). The van der Waals surface area contributed by atoms with Crippen LogP contribution < -0.4 is 0 Å². The Labute approximate surface area is 420 Å². The maximum absolute atomic E-state index is 12.8. The van der Waals surface area contributed by atoms with Crippen LogP contribution in [0, 0.1) is 0 Å². The van der Waals surface area contributed by atoms with Crippen LogP contribution in [0.4, 0.5) is 0 Å². The van der Waals surface area contributed by atoms with E-state index < -0.39 is 6.10 Å². The van der Waals surface area contributed by atoms with Gasteiger partial charge in [0.05, 0.1) is 0 Å². The van der Waals surface area contributed by atoms with E-state index in [2.05, 4.69) is 106 Å². The van der Waals surface area contributed by atoms with Crippen LogP contribution in [0.1, 0.15) is 271 Å². The molecule has 0 spiro atoms. The summed E-state index contributed by atoms with van der Waals surface area (Å²) in [6, 6.07) is 0. The fourth-order valence-electron chi connectivity index (χ4n) is 7.85. The summed E-state index contributed by atoms with van der Waals surface area (Å²) in [6.45, 7) is 6.50. The lowest BCUT2D eigenvalue weighted by Crippen LogP contribution is -2.30. The van der Waals surface area contributed by atoms with Crippen LogP contribution in [0.3, 0.4) is 0 Å². The van der Waals surface area contributed by atoms with E-state index in [9.17, 15) is 14.4 Å². The molecule has 0 N–H and O–H groups in total. The molecule has 0 saturated carbocycles. The summed E-state index contributed by atoms with van der Waals surface area (Å²) in [4.78, 5) is 38.0. The first-order valence-corrected chi connectivity index (χ1v) is 28.6. The molecular weight excluding hydrogens is 841 g/mol. The molecule has 0 amide bonds. The third kappa shape index (κ3) is 53.5. The molecule has 0 radical (unpaired) electrons. The largest absolute Gasteiger partial charge is 0.462 e. The van der Waals surface area contributed by atoms with Crippen molar-refractivity contribution in [1.82, 2.24) is 0 Å². The molecule has 1 unspecified atom stereocenters. The second kappa shape index (κ2) is 56.2. The molecule has 0 aromatic carbocycles. The Balaban J connectivity index is 4.32. The molecule has 6 nitrogen and oxygen atoms in total. The number of hydrogen-bond donors (Lipinski definition) is 0. The lowest BCUT2D eigenvalue weighted by atomic mass is 10.1. The second-order valence-corrected chi connectivity index (χ2v) is 18.8. The van der Waals surface area contributed by atoms with Crippen LogP contribution in [0.15, 0.2) is 85.1 Å². The predicted molar refractivity (Wildman–Crippen MR) is 293 cm³/mol. The molecule has 0 aliphatic heterocycles. The standard InChI is InChI=1S/C62H106O6/c1-4-7-10-13-16-19-22-24-26-27-28-29-30-31-32-33-34-35-37-38-40-43-46-49-52-55-61(64)67-58-59(57-66-60(63)54-51-48-45-42-21-18-15-12-9-6-3)68-62(65)56-53-50-47-44-41-39-36-25-23-20-17-14-11-8-5-2/h7,10,16,19,24-26,28-29,31-32,34-36,59H,4-6,8-9,11-15,17-18,20-23,27,30,33,37-58H2,1-3H3/b10-7-,19-16-,26-24-,29-28-,32-31-,35-34-,36-25-. The molecule has 0 aliphatic carbocycles. The van der Waals surface area contributed by atoms with E-state index in [1.165, 1.54) is 109 Å². The van der Waals surface area contributed by atoms with Crippen LogP contribution in [0.5, 0.6) is 0 Å². The highest BCUT2D eigenvalue weighted by molar-refractivity contribution is 5.71. The maximum atomic E-state index is 12.8. The summed E-state index contributed by atoms with van der Waals surface area (Å²) in [5.41, 5.74) is 0. The van der Waals surface area contributed by atoms with Gasteiger partial charge in [0, 0.05) is 19.3 Å². The molecule has 0 heterocycles. The summed E-state index contributed by atoms with van der Waals surface area (Å²) >= 11 is 0. The number of carbonyl (C=O) groups is 3. The zero-order valence-electron chi connectivity index (χ0n) is 44.6. The first-order valence-electron chi connectivity index (χ1n) is 28.6. The highest BCUT2D eigenvalue weighted by atomic mass is 16.6. The van der Waals surface area contributed by atoms with Gasteiger partial charge in [-0.25, -0.2) is 0 Å². The van der Waals surface area contributed by atoms with Gasteiger partial charge < -0.3 is 14.2 Å². The summed E-state index contributed by atoms with van der Waals surface area (Å²) in [5, 5.41) is 0. The van der Waals surface area contributed by atoms with Crippen molar-refractivity contribution in [3.63, 3.8) is 0 Å². The number of esters is 3. The van der Waals surface area contributed by atoms with Crippen molar-refractivity contribution in [2.75, 3.05) is 13.2 Å². The van der Waals surface area contributed by atoms with Crippen molar-refractivity contribution < 1.29 is 28.6 Å². The van der Waals surface area contributed by atoms with Gasteiger partial charge in [0.25, 0.3) is 0 Å². The third-order valence-electron chi connectivity index (χ3n) is 12.1. The van der Waals surface area contributed by atoms with Crippen molar-refractivity contribution >= 4 is 17.9 Å². The van der Waals surface area contributed by atoms with Crippen LogP contribution in [-0.2, 0) is 28.6 Å². The molecule has 0 fully saturated rings. The van der Waals surface area contributed by atoms with E-state index in [0.717, 1.165) is 122 Å². The molecule has 0 saturated heterocycles. The average Bonchev–Trinajstić information content (AvgIpc) is 3.34. The number of unbranched alkanes of at least 4 members (excludes halogenated alkanes) is 26. The quantitative estimate of drug-likeness (QED) is 0.0262. The smallest absolute Gasteiger partial charge is 0.306 e. The summed E-state index contributed by atoms with van der Waals surface area (Å²) in [7, 11) is 0. The van der Waals surface area contributed by atoms with Gasteiger partial charge >= 0.3 is 17.9 Å². The van der Waals surface area contributed by atoms with Gasteiger partial charge in [-0.2, -0.15) is 0 Å². The molecule has 0 aromatic rings. The highest BCUT2D eigenvalue weighted by Gasteiger charge is 2.19. The van der Waals surface area contributed by atoms with E-state index in [4.69, 9.17) is 14.2 Å². The minimum Gasteiger partial charge on any atom is -0.462 e. The van der Waals surface area contributed by atoms with Gasteiger partial charge in [0.2, 0.25) is 0 Å². The van der Waals surface area contributed by atoms with Gasteiger partial charge in [-0.1, -0.05) is 241 Å². The zero-order valence-corrected chi connectivity index (χ0v) is 44.6. The van der Waals surface area contributed by atoms with Crippen molar-refractivity contribution in [2.45, 2.75) is 277 Å². The van der Waals surface area contributed by atoms with Crippen molar-refractivity contribution in [2.24, 2.45) is 0 Å². The fraction of sp³-hybridized carbons (Fsp3) is 0.726. The molecule has 0 bridgehead atoms. The summed E-state index contributed by atoms with van der Waals surface area (Å²) < 4.78 is 16.8. The van der Waals surface area contributed by atoms with Crippen LogP contribution >= 0.6 is 0 Å². The minimum absolute atomic E-state index is 0.0828. The molecule has 68 heavy (non-hydrogen) atoms. The van der Waals surface area contributed by atoms with E-state index in [0.29, 0.717) is 19.3 Å². The van der Waals surface area contributed by atoms with E-state index in [1.807, 2.05) is 0 Å². The van der Waals surface area contributed by atoms with Crippen LogP contribution in [0.2, 0.25) is 0 Å².